The van der Waals surface area contributed by atoms with Gasteiger partial charge in [-0.05, 0) is 6.07 Å². The van der Waals surface area contributed by atoms with Crippen molar-refractivity contribution in [2.24, 2.45) is 0 Å². The minimum absolute atomic E-state index is 0.353. The van der Waals surface area contributed by atoms with Gasteiger partial charge in [-0.1, -0.05) is 0 Å². The van der Waals surface area contributed by atoms with Crippen LogP contribution in [0.3, 0.4) is 0 Å². The highest BCUT2D eigenvalue weighted by atomic mass is 35.5. The van der Waals surface area contributed by atoms with Crippen LogP contribution in [0.1, 0.15) is 28.0 Å². The van der Waals surface area contributed by atoms with Gasteiger partial charge in [-0.15, -0.1) is 11.6 Å². The fourth-order valence-electron chi connectivity index (χ4n) is 0.988. The molecule has 0 unspecified atom stereocenters. The van der Waals surface area contributed by atoms with Crippen LogP contribution >= 0.6 is 11.6 Å². The molecule has 15 heavy (non-hydrogen) atoms. The molecule has 1 aromatic heterocycles. The smallest absolute Gasteiger partial charge is 0.340 e. The lowest BCUT2D eigenvalue weighted by Crippen LogP contribution is -2.08. The average molecular weight is 240 g/mol. The van der Waals surface area contributed by atoms with Crippen molar-refractivity contribution in [1.29, 1.82) is 0 Å². The summed E-state index contributed by atoms with van der Waals surface area (Å²) in [6, 6.07) is 0.549. The van der Waals surface area contributed by atoms with E-state index in [-0.39, 0.29) is 5.69 Å². The number of hydrogen-bond donors (Lipinski definition) is 1. The standard InChI is InChI=1S/C8H5ClF3NO2/c9-2-5-3(6(10)11)1-4(8(14)15)7(12)13-5/h1,6H,2H2,(H,14,15). The number of halogens is 4. The van der Waals surface area contributed by atoms with Gasteiger partial charge in [0.15, 0.2) is 0 Å². The Morgan fingerprint density at radius 1 is 1.60 bits per heavy atom. The van der Waals surface area contributed by atoms with Crippen LogP contribution < -0.4 is 0 Å². The van der Waals surface area contributed by atoms with Gasteiger partial charge in [-0.3, -0.25) is 0 Å². The number of carboxylic acid groups (broad SMARTS) is 1. The van der Waals surface area contributed by atoms with Gasteiger partial charge in [-0.2, -0.15) is 4.39 Å². The van der Waals surface area contributed by atoms with Crippen LogP contribution in [0.15, 0.2) is 6.07 Å². The monoisotopic (exact) mass is 239 g/mol. The maximum atomic E-state index is 12.9. The predicted molar refractivity (Wildman–Crippen MR) is 45.7 cm³/mol. The van der Waals surface area contributed by atoms with E-state index in [1.54, 1.807) is 0 Å². The second-order valence-electron chi connectivity index (χ2n) is 2.60. The summed E-state index contributed by atoms with van der Waals surface area (Å²) in [7, 11) is 0. The zero-order valence-electron chi connectivity index (χ0n) is 7.18. The molecular formula is C8H5ClF3NO2. The maximum Gasteiger partial charge on any atom is 0.340 e. The average Bonchev–Trinajstić information content (AvgIpc) is 2.16. The van der Waals surface area contributed by atoms with Crippen molar-refractivity contribution in [2.45, 2.75) is 12.3 Å². The number of alkyl halides is 3. The molecule has 0 saturated heterocycles. The quantitative estimate of drug-likeness (QED) is 0.652. The van der Waals surface area contributed by atoms with Crippen molar-refractivity contribution in [3.8, 4) is 0 Å². The first-order chi connectivity index (χ1) is 6.97. The predicted octanol–water partition coefficient (Wildman–Crippen LogP) is 2.60. The Bertz CT molecular complexity index is 398. The first kappa shape index (κ1) is 11.8. The van der Waals surface area contributed by atoms with E-state index in [1.807, 2.05) is 0 Å². The van der Waals surface area contributed by atoms with Crippen LogP contribution in [0.4, 0.5) is 13.2 Å². The van der Waals surface area contributed by atoms with Gasteiger partial charge in [0.25, 0.3) is 6.43 Å². The van der Waals surface area contributed by atoms with Crippen molar-refractivity contribution in [3.05, 3.63) is 28.8 Å². The Labute approximate surface area is 87.5 Å². The summed E-state index contributed by atoms with van der Waals surface area (Å²) in [5.41, 5.74) is -1.91. The highest BCUT2D eigenvalue weighted by molar-refractivity contribution is 6.17. The molecule has 7 heteroatoms. The minimum atomic E-state index is -2.94. The Hall–Kier alpha value is -1.30. The summed E-state index contributed by atoms with van der Waals surface area (Å²) >= 11 is 5.27. The van der Waals surface area contributed by atoms with Gasteiger partial charge in [0.05, 0.1) is 11.6 Å². The first-order valence-corrected chi connectivity index (χ1v) is 4.27. The molecule has 0 aliphatic heterocycles. The van der Waals surface area contributed by atoms with Gasteiger partial charge in [0.2, 0.25) is 5.95 Å². The molecule has 1 rings (SSSR count). The molecule has 0 aliphatic carbocycles. The minimum Gasteiger partial charge on any atom is -0.478 e. The third-order valence-electron chi connectivity index (χ3n) is 1.68. The molecule has 0 bridgehead atoms. The summed E-state index contributed by atoms with van der Waals surface area (Å²) in [5.74, 6) is -3.37. The Kier molecular flexibility index (Phi) is 3.52. The fraction of sp³-hybridized carbons (Fsp3) is 0.250. The van der Waals surface area contributed by atoms with E-state index in [4.69, 9.17) is 16.7 Å². The van der Waals surface area contributed by atoms with E-state index in [2.05, 4.69) is 4.98 Å². The second-order valence-corrected chi connectivity index (χ2v) is 2.87. The van der Waals surface area contributed by atoms with Crippen LogP contribution in [0.2, 0.25) is 0 Å². The zero-order chi connectivity index (χ0) is 11.6. The molecule has 0 saturated carbocycles. The Balaban J connectivity index is 3.37. The van der Waals surface area contributed by atoms with E-state index in [9.17, 15) is 18.0 Å². The van der Waals surface area contributed by atoms with Crippen molar-refractivity contribution in [2.75, 3.05) is 0 Å². The topological polar surface area (TPSA) is 50.2 Å². The third kappa shape index (κ3) is 2.38. The first-order valence-electron chi connectivity index (χ1n) is 3.74. The summed E-state index contributed by atoms with van der Waals surface area (Å²) in [6.07, 6.45) is -2.94. The fourth-order valence-corrected chi connectivity index (χ4v) is 1.20. The van der Waals surface area contributed by atoms with E-state index in [0.29, 0.717) is 6.07 Å². The molecule has 3 nitrogen and oxygen atoms in total. The molecule has 0 atom stereocenters. The third-order valence-corrected chi connectivity index (χ3v) is 1.93. The van der Waals surface area contributed by atoms with Crippen LogP contribution in [0.25, 0.3) is 0 Å². The molecule has 0 spiro atoms. The van der Waals surface area contributed by atoms with Crippen LogP contribution in [0.5, 0.6) is 0 Å². The Morgan fingerprint density at radius 3 is 2.60 bits per heavy atom. The molecule has 82 valence electrons. The molecular weight excluding hydrogens is 235 g/mol. The van der Waals surface area contributed by atoms with E-state index < -0.39 is 35.3 Å². The van der Waals surface area contributed by atoms with E-state index in [0.717, 1.165) is 0 Å². The molecule has 0 amide bonds. The lowest BCUT2D eigenvalue weighted by Gasteiger charge is -2.07. The summed E-state index contributed by atoms with van der Waals surface area (Å²) in [6.45, 7) is 0. The number of aromatic carboxylic acids is 1. The van der Waals surface area contributed by atoms with Crippen LogP contribution in [0, 0.1) is 5.95 Å². The summed E-state index contributed by atoms with van der Waals surface area (Å²) < 4.78 is 37.7. The number of nitrogens with zero attached hydrogens (tertiary/aromatic N) is 1. The van der Waals surface area contributed by atoms with Crippen molar-refractivity contribution >= 4 is 17.6 Å². The van der Waals surface area contributed by atoms with E-state index >= 15 is 0 Å². The van der Waals surface area contributed by atoms with Crippen LogP contribution in [-0.4, -0.2) is 16.1 Å². The molecule has 0 aromatic carbocycles. The number of carbonyl (C=O) groups is 1. The van der Waals surface area contributed by atoms with Gasteiger partial charge in [0, 0.05) is 5.56 Å². The summed E-state index contributed by atoms with van der Waals surface area (Å²) in [5, 5.41) is 8.48. The molecule has 0 aliphatic rings. The Morgan fingerprint density at radius 2 is 2.20 bits per heavy atom. The maximum absolute atomic E-state index is 12.9. The zero-order valence-corrected chi connectivity index (χ0v) is 7.93. The van der Waals surface area contributed by atoms with Crippen molar-refractivity contribution in [3.63, 3.8) is 0 Å². The number of carboxylic acids is 1. The van der Waals surface area contributed by atoms with Crippen molar-refractivity contribution in [1.82, 2.24) is 4.98 Å². The van der Waals surface area contributed by atoms with Gasteiger partial charge in [-0.25, -0.2) is 18.6 Å². The molecule has 1 heterocycles. The number of rotatable bonds is 3. The van der Waals surface area contributed by atoms with Crippen molar-refractivity contribution < 1.29 is 23.1 Å². The van der Waals surface area contributed by atoms with E-state index in [1.165, 1.54) is 0 Å². The normalized spacial score (nSPS) is 10.7. The summed E-state index contributed by atoms with van der Waals surface area (Å²) in [4.78, 5) is 13.5. The highest BCUT2D eigenvalue weighted by Crippen LogP contribution is 2.25. The number of hydrogen-bond acceptors (Lipinski definition) is 2. The highest BCUT2D eigenvalue weighted by Gasteiger charge is 2.21. The van der Waals surface area contributed by atoms with Crippen LogP contribution in [-0.2, 0) is 5.88 Å². The lowest BCUT2D eigenvalue weighted by atomic mass is 10.1. The van der Waals surface area contributed by atoms with Gasteiger partial charge in [0.1, 0.15) is 5.56 Å². The lowest BCUT2D eigenvalue weighted by molar-refractivity contribution is 0.0690. The largest absolute Gasteiger partial charge is 0.478 e. The molecule has 0 fully saturated rings. The SMILES string of the molecule is O=C(O)c1cc(C(F)F)c(CCl)nc1F. The molecule has 1 N–H and O–H groups in total. The molecule has 1 aromatic rings. The van der Waals surface area contributed by atoms with Gasteiger partial charge < -0.3 is 5.11 Å². The molecule has 0 radical (unpaired) electrons. The number of pyridine rings is 1. The van der Waals surface area contributed by atoms with Gasteiger partial charge >= 0.3 is 5.97 Å². The second kappa shape index (κ2) is 4.48. The number of aromatic nitrogens is 1.